The van der Waals surface area contributed by atoms with Gasteiger partial charge in [-0.25, -0.2) is 0 Å². The van der Waals surface area contributed by atoms with Crippen molar-refractivity contribution in [2.45, 2.75) is 0 Å². The molecule has 0 saturated heterocycles. The lowest BCUT2D eigenvalue weighted by molar-refractivity contribution is -0.114. The first kappa shape index (κ1) is 10.4. The van der Waals surface area contributed by atoms with E-state index in [1.165, 1.54) is 0 Å². The summed E-state index contributed by atoms with van der Waals surface area (Å²) >= 11 is 0. The molecule has 5 heteroatoms. The van der Waals surface area contributed by atoms with Gasteiger partial charge in [0.05, 0.1) is 0 Å². The molecule has 0 spiro atoms. The Hall–Kier alpha value is -1.54. The van der Waals surface area contributed by atoms with Crippen LogP contribution in [0.25, 0.3) is 0 Å². The molecule has 0 aliphatic carbocycles. The topological polar surface area (TPSA) is 118 Å². The summed E-state index contributed by atoms with van der Waals surface area (Å²) < 4.78 is 0. The fourth-order valence-corrected chi connectivity index (χ4v) is 0.123. The molecule has 6 N–H and O–H groups in total. The Morgan fingerprint density at radius 1 is 1.00 bits per heavy atom. The Balaban J connectivity index is 0. The van der Waals surface area contributed by atoms with Crippen LogP contribution < -0.4 is 11.5 Å². The van der Waals surface area contributed by atoms with Crippen LogP contribution in [0.5, 0.6) is 0 Å². The second-order valence-electron chi connectivity index (χ2n) is 0.979. The highest BCUT2D eigenvalue weighted by Crippen LogP contribution is 1.51. The molecule has 0 rings (SSSR count). The van der Waals surface area contributed by atoms with Gasteiger partial charge in [0.15, 0.2) is 0 Å². The highest BCUT2D eigenvalue weighted by Gasteiger charge is 1.81. The number of hydrogen-bond acceptors (Lipinski definition) is 2. The standard InChI is InChI=1S/C4H4N2O2.H2O/c5-3(7)1-2-4(6)8;/h(H2,5,7)(H2,6,8);1H2. The summed E-state index contributed by atoms with van der Waals surface area (Å²) in [7, 11) is 0. The first-order chi connectivity index (χ1) is 3.63. The van der Waals surface area contributed by atoms with Crippen molar-refractivity contribution in [2.24, 2.45) is 11.5 Å². The number of hydrogen-bond donors (Lipinski definition) is 2. The molecule has 0 aliphatic heterocycles. The van der Waals surface area contributed by atoms with Gasteiger partial charge in [0.2, 0.25) is 0 Å². The summed E-state index contributed by atoms with van der Waals surface area (Å²) in [6.45, 7) is 0. The lowest BCUT2D eigenvalue weighted by Gasteiger charge is -1.69. The normalized spacial score (nSPS) is 5.78. The molecule has 0 aromatic carbocycles. The van der Waals surface area contributed by atoms with Crippen LogP contribution in [-0.2, 0) is 9.59 Å². The zero-order chi connectivity index (χ0) is 6.57. The summed E-state index contributed by atoms with van der Waals surface area (Å²) in [4.78, 5) is 19.5. The molecule has 0 bridgehead atoms. The molecule has 0 radical (unpaired) electrons. The van der Waals surface area contributed by atoms with Crippen molar-refractivity contribution < 1.29 is 15.1 Å². The van der Waals surface area contributed by atoms with E-state index in [0.29, 0.717) is 0 Å². The average molecular weight is 130 g/mol. The van der Waals surface area contributed by atoms with E-state index < -0.39 is 11.8 Å². The number of amides is 2. The van der Waals surface area contributed by atoms with Crippen LogP contribution in [0.15, 0.2) is 0 Å². The van der Waals surface area contributed by atoms with E-state index in [1.807, 2.05) is 0 Å². The molecule has 0 fully saturated rings. The van der Waals surface area contributed by atoms with E-state index in [1.54, 1.807) is 11.8 Å². The largest absolute Gasteiger partial charge is 0.412 e. The van der Waals surface area contributed by atoms with Crippen molar-refractivity contribution in [1.29, 1.82) is 0 Å². The highest BCUT2D eigenvalue weighted by atomic mass is 16.1. The van der Waals surface area contributed by atoms with Crippen molar-refractivity contribution in [3.05, 3.63) is 0 Å². The minimum atomic E-state index is -0.858. The fraction of sp³-hybridized carbons (Fsp3) is 0. The Morgan fingerprint density at radius 3 is 1.33 bits per heavy atom. The summed E-state index contributed by atoms with van der Waals surface area (Å²) in [5.41, 5.74) is 9.04. The number of carbonyl (C=O) groups excluding carboxylic acids is 2. The molecule has 0 atom stereocenters. The first-order valence-electron chi connectivity index (χ1n) is 1.74. The first-order valence-corrected chi connectivity index (χ1v) is 1.74. The van der Waals surface area contributed by atoms with Gasteiger partial charge in [-0.15, -0.1) is 0 Å². The highest BCUT2D eigenvalue weighted by molar-refractivity contribution is 6.01. The predicted octanol–water partition coefficient (Wildman–Crippen LogP) is -2.86. The summed E-state index contributed by atoms with van der Waals surface area (Å²) in [5.74, 6) is 1.80. The van der Waals surface area contributed by atoms with E-state index in [-0.39, 0.29) is 5.48 Å². The smallest absolute Gasteiger partial charge is 0.293 e. The second kappa shape index (κ2) is 4.61. The third kappa shape index (κ3) is 10.7. The molecule has 9 heavy (non-hydrogen) atoms. The van der Waals surface area contributed by atoms with Crippen molar-refractivity contribution in [2.75, 3.05) is 0 Å². The van der Waals surface area contributed by atoms with Crippen LogP contribution in [0.1, 0.15) is 0 Å². The van der Waals surface area contributed by atoms with Gasteiger partial charge < -0.3 is 16.9 Å². The molecule has 0 saturated carbocycles. The van der Waals surface area contributed by atoms with Crippen molar-refractivity contribution in [3.63, 3.8) is 0 Å². The van der Waals surface area contributed by atoms with E-state index in [9.17, 15) is 9.59 Å². The molecule has 0 unspecified atom stereocenters. The summed E-state index contributed by atoms with van der Waals surface area (Å²) in [5, 5.41) is 0. The van der Waals surface area contributed by atoms with Gasteiger partial charge in [-0.3, -0.25) is 9.59 Å². The molecular weight excluding hydrogens is 124 g/mol. The Kier molecular flexibility index (Phi) is 5.35. The minimum absolute atomic E-state index is 0. The van der Waals surface area contributed by atoms with Crippen molar-refractivity contribution >= 4 is 11.8 Å². The zero-order valence-corrected chi connectivity index (χ0v) is 4.47. The van der Waals surface area contributed by atoms with Crippen LogP contribution in [0.3, 0.4) is 0 Å². The summed E-state index contributed by atoms with van der Waals surface area (Å²) in [6, 6.07) is 0. The quantitative estimate of drug-likeness (QED) is 0.343. The molecule has 0 heterocycles. The van der Waals surface area contributed by atoms with Gasteiger partial charge in [-0.1, -0.05) is 0 Å². The minimum Gasteiger partial charge on any atom is -0.412 e. The maximum Gasteiger partial charge on any atom is 0.293 e. The van der Waals surface area contributed by atoms with Crippen LogP contribution in [0, 0.1) is 11.8 Å². The van der Waals surface area contributed by atoms with Crippen LogP contribution >= 0.6 is 0 Å². The van der Waals surface area contributed by atoms with Gasteiger partial charge in [0, 0.05) is 11.8 Å². The molecule has 50 valence electrons. The Morgan fingerprint density at radius 2 is 1.22 bits per heavy atom. The zero-order valence-electron chi connectivity index (χ0n) is 4.47. The van der Waals surface area contributed by atoms with Gasteiger partial charge in [-0.05, 0) is 0 Å². The van der Waals surface area contributed by atoms with Gasteiger partial charge in [-0.2, -0.15) is 0 Å². The average Bonchev–Trinajstić information content (AvgIpc) is 1.61. The SMILES string of the molecule is NC(=O)C#CC(N)=O.O. The van der Waals surface area contributed by atoms with E-state index in [0.717, 1.165) is 0 Å². The summed E-state index contributed by atoms with van der Waals surface area (Å²) in [6.07, 6.45) is 0. The molecule has 0 aromatic heterocycles. The maximum atomic E-state index is 9.74. The van der Waals surface area contributed by atoms with Gasteiger partial charge in [0.1, 0.15) is 0 Å². The lowest BCUT2D eigenvalue weighted by Crippen LogP contribution is -2.11. The number of nitrogens with two attached hydrogens (primary N) is 2. The van der Waals surface area contributed by atoms with E-state index in [4.69, 9.17) is 0 Å². The Labute approximate surface area is 51.3 Å². The molecule has 0 aromatic rings. The van der Waals surface area contributed by atoms with E-state index in [2.05, 4.69) is 11.5 Å². The van der Waals surface area contributed by atoms with Crippen LogP contribution in [-0.4, -0.2) is 17.3 Å². The number of primary amides is 2. The number of rotatable bonds is 0. The monoisotopic (exact) mass is 130 g/mol. The predicted molar refractivity (Wildman–Crippen MR) is 29.8 cm³/mol. The van der Waals surface area contributed by atoms with Crippen molar-refractivity contribution in [3.8, 4) is 11.8 Å². The van der Waals surface area contributed by atoms with Gasteiger partial charge in [0.25, 0.3) is 11.8 Å². The van der Waals surface area contributed by atoms with Gasteiger partial charge >= 0.3 is 0 Å². The third-order valence-corrected chi connectivity index (χ3v) is 0.309. The third-order valence-electron chi connectivity index (χ3n) is 0.309. The van der Waals surface area contributed by atoms with Crippen LogP contribution in [0.2, 0.25) is 0 Å². The molecular formula is C4H6N2O3. The molecule has 0 aliphatic rings. The number of carbonyl (C=O) groups is 2. The second-order valence-corrected chi connectivity index (χ2v) is 0.979. The lowest BCUT2D eigenvalue weighted by atomic mass is 10.5. The molecule has 2 amide bonds. The fourth-order valence-electron chi connectivity index (χ4n) is 0.123. The van der Waals surface area contributed by atoms with E-state index >= 15 is 0 Å². The Bertz CT molecular complexity index is 158. The van der Waals surface area contributed by atoms with Crippen LogP contribution in [0.4, 0.5) is 0 Å². The molecule has 5 nitrogen and oxygen atoms in total. The maximum absolute atomic E-state index is 9.74. The van der Waals surface area contributed by atoms with Crippen molar-refractivity contribution in [1.82, 2.24) is 0 Å².